The first-order chi connectivity index (χ1) is 13.2. The van der Waals surface area contributed by atoms with Gasteiger partial charge in [-0.25, -0.2) is 0 Å². The second-order valence-corrected chi connectivity index (χ2v) is 7.53. The molecule has 1 amide bonds. The van der Waals surface area contributed by atoms with Gasteiger partial charge in [0.25, 0.3) is 0 Å². The van der Waals surface area contributed by atoms with E-state index < -0.39 is 0 Å². The molecule has 3 rings (SSSR count). The van der Waals surface area contributed by atoms with Gasteiger partial charge in [-0.05, 0) is 37.5 Å². The third-order valence-electron chi connectivity index (χ3n) is 5.55. The lowest BCUT2D eigenvalue weighted by molar-refractivity contribution is -0.118. The van der Waals surface area contributed by atoms with Crippen LogP contribution in [0.4, 0.5) is 11.4 Å². The number of carbonyl (C=O) groups is 1. The summed E-state index contributed by atoms with van der Waals surface area (Å²) in [6.45, 7) is 6.91. The van der Waals surface area contributed by atoms with E-state index in [0.29, 0.717) is 6.42 Å². The lowest BCUT2D eigenvalue weighted by Gasteiger charge is -2.24. The number of anilines is 2. The fraction of sp³-hybridized carbons (Fsp3) is 0.565. The van der Waals surface area contributed by atoms with E-state index in [4.69, 9.17) is 0 Å². The summed E-state index contributed by atoms with van der Waals surface area (Å²) in [6.07, 6.45) is 12.8. The van der Waals surface area contributed by atoms with Gasteiger partial charge in [-0.2, -0.15) is 0 Å². The van der Waals surface area contributed by atoms with Crippen LogP contribution in [-0.4, -0.2) is 31.8 Å². The second kappa shape index (κ2) is 9.72. The molecule has 2 heterocycles. The van der Waals surface area contributed by atoms with E-state index in [9.17, 15) is 4.79 Å². The molecule has 1 aromatic rings. The molecule has 146 valence electrons. The van der Waals surface area contributed by atoms with E-state index >= 15 is 0 Å². The number of amides is 1. The summed E-state index contributed by atoms with van der Waals surface area (Å²) < 4.78 is 0. The van der Waals surface area contributed by atoms with Gasteiger partial charge in [0.1, 0.15) is 0 Å². The molecule has 0 spiro atoms. The van der Waals surface area contributed by atoms with Crippen molar-refractivity contribution in [2.45, 2.75) is 65.2 Å². The number of hydrogen-bond acceptors (Lipinski definition) is 3. The Bertz CT molecular complexity index is 708. The maximum absolute atomic E-state index is 12.8. The van der Waals surface area contributed by atoms with Crippen LogP contribution in [0.15, 0.2) is 35.0 Å². The number of hydrogen-bond donors (Lipinski definition) is 0. The molecule has 2 aliphatic heterocycles. The molecule has 0 N–H and O–H groups in total. The Hall–Kier alpha value is -2.10. The Labute approximate surface area is 164 Å². The van der Waals surface area contributed by atoms with Crippen molar-refractivity contribution >= 4 is 23.5 Å². The number of allylic oxidation sites excluding steroid dienone is 1. The normalized spacial score (nSPS) is 15.2. The highest BCUT2D eigenvalue weighted by Gasteiger charge is 2.22. The number of benzene rings is 1. The summed E-state index contributed by atoms with van der Waals surface area (Å²) in [6, 6.07) is 6.53. The van der Waals surface area contributed by atoms with E-state index in [1.165, 1.54) is 30.5 Å². The summed E-state index contributed by atoms with van der Waals surface area (Å²) >= 11 is 0. The lowest BCUT2D eigenvalue weighted by Crippen LogP contribution is -2.30. The Balaban J connectivity index is 1.65. The van der Waals surface area contributed by atoms with E-state index in [1.54, 1.807) is 0 Å². The van der Waals surface area contributed by atoms with Gasteiger partial charge in [-0.15, -0.1) is 0 Å². The van der Waals surface area contributed by atoms with Gasteiger partial charge in [-0.1, -0.05) is 44.7 Å². The van der Waals surface area contributed by atoms with Crippen LogP contribution in [0.1, 0.15) is 64.4 Å². The molecule has 0 saturated carbocycles. The molecular formula is C23H33N3O. The van der Waals surface area contributed by atoms with Crippen molar-refractivity contribution in [2.75, 3.05) is 29.4 Å². The minimum Gasteiger partial charge on any atom is -0.365 e. The van der Waals surface area contributed by atoms with Gasteiger partial charge in [0.15, 0.2) is 0 Å². The average Bonchev–Trinajstić information content (AvgIpc) is 3.33. The van der Waals surface area contributed by atoms with Crippen molar-refractivity contribution in [3.05, 3.63) is 35.5 Å². The third kappa shape index (κ3) is 5.00. The van der Waals surface area contributed by atoms with Gasteiger partial charge < -0.3 is 9.80 Å². The molecule has 0 saturated heterocycles. The molecule has 0 unspecified atom stereocenters. The molecule has 0 radical (unpaired) electrons. The SMILES string of the molecule is CCCCCCCC(=O)N(CC)c1ccc2c(c1)N(CC1=CCC=N1)CC2. The number of rotatable bonds is 10. The molecule has 0 aromatic heterocycles. The van der Waals surface area contributed by atoms with Crippen molar-refractivity contribution in [3.8, 4) is 0 Å². The predicted octanol–water partition coefficient (Wildman–Crippen LogP) is 5.12. The molecule has 0 atom stereocenters. The first-order valence-electron chi connectivity index (χ1n) is 10.6. The number of carbonyl (C=O) groups excluding carboxylic acids is 1. The van der Waals surface area contributed by atoms with Gasteiger partial charge >= 0.3 is 0 Å². The van der Waals surface area contributed by atoms with Crippen LogP contribution in [0.5, 0.6) is 0 Å². The number of fused-ring (bicyclic) bond motifs is 1. The lowest BCUT2D eigenvalue weighted by atomic mass is 10.1. The minimum atomic E-state index is 0.251. The van der Waals surface area contributed by atoms with Crippen LogP contribution in [0.3, 0.4) is 0 Å². The fourth-order valence-electron chi connectivity index (χ4n) is 4.00. The van der Waals surface area contributed by atoms with Crippen LogP contribution in [0.2, 0.25) is 0 Å². The van der Waals surface area contributed by atoms with Crippen molar-refractivity contribution in [3.63, 3.8) is 0 Å². The van der Waals surface area contributed by atoms with Crippen molar-refractivity contribution in [1.29, 1.82) is 0 Å². The maximum atomic E-state index is 12.8. The standard InChI is InChI=1S/C23H33N3O/c1-3-5-6-7-8-11-23(27)26(4-2)21-13-12-19-14-16-25(22(19)17-21)18-20-10-9-15-24-20/h10,12-13,15,17H,3-9,11,14,16,18H2,1-2H3. The molecule has 2 aliphatic rings. The van der Waals surface area contributed by atoms with Crippen molar-refractivity contribution < 1.29 is 4.79 Å². The molecule has 0 fully saturated rings. The fourth-order valence-corrected chi connectivity index (χ4v) is 4.00. The second-order valence-electron chi connectivity index (χ2n) is 7.53. The smallest absolute Gasteiger partial charge is 0.226 e. The van der Waals surface area contributed by atoms with Crippen molar-refractivity contribution in [2.24, 2.45) is 4.99 Å². The van der Waals surface area contributed by atoms with E-state index in [2.05, 4.69) is 48.0 Å². The van der Waals surface area contributed by atoms with E-state index in [1.807, 2.05) is 11.1 Å². The van der Waals surface area contributed by atoms with Crippen LogP contribution < -0.4 is 9.80 Å². The number of unbranched alkanes of at least 4 members (excludes halogenated alkanes) is 4. The summed E-state index contributed by atoms with van der Waals surface area (Å²) in [5.74, 6) is 0.251. The zero-order valence-electron chi connectivity index (χ0n) is 16.9. The van der Waals surface area contributed by atoms with Crippen LogP contribution in [0, 0.1) is 0 Å². The summed E-state index contributed by atoms with van der Waals surface area (Å²) in [5, 5.41) is 0. The Morgan fingerprint density at radius 2 is 2.04 bits per heavy atom. The number of aliphatic imine (C=N–C) groups is 1. The zero-order valence-corrected chi connectivity index (χ0v) is 16.9. The quantitative estimate of drug-likeness (QED) is 0.538. The molecular weight excluding hydrogens is 334 g/mol. The summed E-state index contributed by atoms with van der Waals surface area (Å²) in [4.78, 5) is 21.6. The topological polar surface area (TPSA) is 35.9 Å². The van der Waals surface area contributed by atoms with Gasteiger partial charge in [0.05, 0.1) is 12.2 Å². The maximum Gasteiger partial charge on any atom is 0.226 e. The Morgan fingerprint density at radius 1 is 1.19 bits per heavy atom. The highest BCUT2D eigenvalue weighted by molar-refractivity contribution is 5.94. The highest BCUT2D eigenvalue weighted by atomic mass is 16.2. The Kier molecular flexibility index (Phi) is 7.08. The number of nitrogens with zero attached hydrogens (tertiary/aromatic N) is 3. The molecule has 0 aliphatic carbocycles. The monoisotopic (exact) mass is 367 g/mol. The average molecular weight is 368 g/mol. The largest absolute Gasteiger partial charge is 0.365 e. The molecule has 4 nitrogen and oxygen atoms in total. The van der Waals surface area contributed by atoms with Gasteiger partial charge in [0, 0.05) is 43.5 Å². The van der Waals surface area contributed by atoms with Crippen LogP contribution in [-0.2, 0) is 11.2 Å². The summed E-state index contributed by atoms with van der Waals surface area (Å²) in [5.41, 5.74) is 4.84. The first kappa shape index (κ1) is 19.7. The molecule has 27 heavy (non-hydrogen) atoms. The van der Waals surface area contributed by atoms with Crippen molar-refractivity contribution in [1.82, 2.24) is 0 Å². The van der Waals surface area contributed by atoms with Crippen LogP contribution >= 0.6 is 0 Å². The summed E-state index contributed by atoms with van der Waals surface area (Å²) in [7, 11) is 0. The Morgan fingerprint density at radius 3 is 2.78 bits per heavy atom. The van der Waals surface area contributed by atoms with Crippen LogP contribution in [0.25, 0.3) is 0 Å². The van der Waals surface area contributed by atoms with E-state index in [0.717, 1.165) is 56.7 Å². The third-order valence-corrected chi connectivity index (χ3v) is 5.55. The van der Waals surface area contributed by atoms with Gasteiger partial charge in [-0.3, -0.25) is 9.79 Å². The first-order valence-corrected chi connectivity index (χ1v) is 10.6. The van der Waals surface area contributed by atoms with Gasteiger partial charge in [0.2, 0.25) is 5.91 Å². The van der Waals surface area contributed by atoms with E-state index in [-0.39, 0.29) is 5.91 Å². The highest BCUT2D eigenvalue weighted by Crippen LogP contribution is 2.33. The molecule has 1 aromatic carbocycles. The molecule has 0 bridgehead atoms. The predicted molar refractivity (Wildman–Crippen MR) is 115 cm³/mol. The minimum absolute atomic E-state index is 0.251. The zero-order chi connectivity index (χ0) is 19.1. The molecule has 4 heteroatoms.